The molecule has 0 bridgehead atoms. The minimum absolute atomic E-state index is 0.0226. The van der Waals surface area contributed by atoms with Crippen LogP contribution in [0.15, 0.2) is 60.7 Å². The molecular formula is C36H46N3O8+. The van der Waals surface area contributed by atoms with E-state index in [1.165, 1.54) is 4.90 Å². The Bertz CT molecular complexity index is 1550. The van der Waals surface area contributed by atoms with E-state index in [0.29, 0.717) is 41.8 Å². The molecule has 0 radical (unpaired) electrons. The van der Waals surface area contributed by atoms with E-state index in [2.05, 4.69) is 33.2 Å². The second-order valence-corrected chi connectivity index (χ2v) is 12.3. The number of hydrogen-bond acceptors (Lipinski definition) is 8. The molecule has 1 fully saturated rings. The van der Waals surface area contributed by atoms with Crippen LogP contribution in [0.25, 0.3) is 0 Å². The van der Waals surface area contributed by atoms with Crippen molar-refractivity contribution in [2.24, 2.45) is 5.92 Å². The number of carboxylic acids is 1. The number of likely N-dealkylation sites (tertiary alicyclic amines) is 1. The van der Waals surface area contributed by atoms with Crippen molar-refractivity contribution in [2.45, 2.75) is 38.3 Å². The van der Waals surface area contributed by atoms with E-state index in [1.807, 2.05) is 46.2 Å². The maximum atomic E-state index is 14.2. The number of ether oxygens (including phenoxy) is 5. The molecule has 0 unspecified atom stereocenters. The van der Waals surface area contributed by atoms with Crippen molar-refractivity contribution in [3.63, 3.8) is 0 Å². The number of aliphatic carboxylic acids is 1. The summed E-state index contributed by atoms with van der Waals surface area (Å²) in [4.78, 5) is 32.4. The van der Waals surface area contributed by atoms with Gasteiger partial charge in [-0.05, 0) is 48.4 Å². The summed E-state index contributed by atoms with van der Waals surface area (Å²) >= 11 is 0. The standard InChI is InChI=1S/C36H45N3O8/c1-6-7-15-39(26-12-10-11-24(16-26)19-37(2)3)33(40)21-38-20-27(25-17-31(44-5)35-32(18-25)46-23-47-35)34(36(41)42)28(38)22-45-30-14-9-8-13-29(30)43-4/h8-14,16-18,27-28,34H,6-7,15,19-23H2,1-5H3,(H,41,42)/p+1/t27-,28+,34-/m1/s1. The fraction of sp³-hybridized carbons (Fsp3) is 0.444. The first-order valence-corrected chi connectivity index (χ1v) is 16.1. The Morgan fingerprint density at radius 2 is 1.77 bits per heavy atom. The molecule has 1 saturated heterocycles. The quantitative estimate of drug-likeness (QED) is 0.256. The van der Waals surface area contributed by atoms with Gasteiger partial charge in [0.05, 0.1) is 46.8 Å². The third-order valence-electron chi connectivity index (χ3n) is 8.78. The molecule has 1 amide bonds. The van der Waals surface area contributed by atoms with E-state index in [-0.39, 0.29) is 25.9 Å². The molecule has 5 rings (SSSR count). The van der Waals surface area contributed by atoms with Gasteiger partial charge in [-0.1, -0.05) is 37.6 Å². The molecule has 3 aromatic rings. The number of nitrogens with one attached hydrogen (secondary N) is 1. The Morgan fingerprint density at radius 1 is 1.00 bits per heavy atom. The smallest absolute Gasteiger partial charge is 0.308 e. The Kier molecular flexibility index (Phi) is 11.1. The maximum Gasteiger partial charge on any atom is 0.308 e. The first-order valence-electron chi connectivity index (χ1n) is 16.1. The first-order chi connectivity index (χ1) is 22.7. The molecule has 11 heteroatoms. The molecule has 47 heavy (non-hydrogen) atoms. The van der Waals surface area contributed by atoms with Gasteiger partial charge in [-0.25, -0.2) is 0 Å². The molecule has 2 aliphatic rings. The van der Waals surface area contributed by atoms with Gasteiger partial charge in [-0.15, -0.1) is 0 Å². The minimum Gasteiger partial charge on any atom is -0.493 e. The number of para-hydroxylation sites is 2. The fourth-order valence-corrected chi connectivity index (χ4v) is 6.53. The number of rotatable bonds is 15. The van der Waals surface area contributed by atoms with Gasteiger partial charge in [-0.2, -0.15) is 0 Å². The molecular weight excluding hydrogens is 602 g/mol. The zero-order valence-corrected chi connectivity index (χ0v) is 27.9. The van der Waals surface area contributed by atoms with Gasteiger partial charge in [-0.3, -0.25) is 14.5 Å². The van der Waals surface area contributed by atoms with E-state index in [4.69, 9.17) is 23.7 Å². The Balaban J connectivity index is 1.49. The minimum atomic E-state index is -0.975. The van der Waals surface area contributed by atoms with Crippen LogP contribution in [0.4, 0.5) is 5.69 Å². The van der Waals surface area contributed by atoms with Crippen molar-refractivity contribution in [3.8, 4) is 28.7 Å². The van der Waals surface area contributed by atoms with Gasteiger partial charge in [0.2, 0.25) is 18.4 Å². The second-order valence-electron chi connectivity index (χ2n) is 12.3. The topological polar surface area (TPSA) is 111 Å². The highest BCUT2D eigenvalue weighted by molar-refractivity contribution is 5.95. The van der Waals surface area contributed by atoms with Crippen LogP contribution >= 0.6 is 0 Å². The monoisotopic (exact) mass is 648 g/mol. The molecule has 0 saturated carbocycles. The zero-order chi connectivity index (χ0) is 33.5. The fourth-order valence-electron chi connectivity index (χ4n) is 6.53. The van der Waals surface area contributed by atoms with Crippen LogP contribution in [0.5, 0.6) is 28.7 Å². The lowest BCUT2D eigenvalue weighted by Gasteiger charge is -2.30. The number of carbonyl (C=O) groups excluding carboxylic acids is 1. The van der Waals surface area contributed by atoms with Gasteiger partial charge in [0.1, 0.15) is 13.2 Å². The average Bonchev–Trinajstić information content (AvgIpc) is 3.68. The lowest BCUT2D eigenvalue weighted by atomic mass is 9.85. The number of fused-ring (bicyclic) bond motifs is 1. The van der Waals surface area contributed by atoms with Crippen LogP contribution < -0.4 is 33.5 Å². The summed E-state index contributed by atoms with van der Waals surface area (Å²) in [6.45, 7) is 3.93. The predicted octanol–water partition coefficient (Wildman–Crippen LogP) is 3.46. The molecule has 3 atom stereocenters. The summed E-state index contributed by atoms with van der Waals surface area (Å²) in [7, 11) is 7.29. The van der Waals surface area contributed by atoms with Crippen molar-refractivity contribution in [3.05, 3.63) is 71.8 Å². The van der Waals surface area contributed by atoms with E-state index in [1.54, 1.807) is 26.4 Å². The number of nitrogens with zero attached hydrogens (tertiary/aromatic N) is 2. The number of benzene rings is 3. The van der Waals surface area contributed by atoms with Crippen molar-refractivity contribution in [1.29, 1.82) is 0 Å². The van der Waals surface area contributed by atoms with Crippen LogP contribution in [0, 0.1) is 5.92 Å². The average molecular weight is 649 g/mol. The van der Waals surface area contributed by atoms with Gasteiger partial charge in [0.25, 0.3) is 0 Å². The summed E-state index contributed by atoms with van der Waals surface area (Å²) in [6, 6.07) is 18.4. The highest BCUT2D eigenvalue weighted by Crippen LogP contribution is 2.47. The number of carbonyl (C=O) groups is 2. The Morgan fingerprint density at radius 3 is 2.47 bits per heavy atom. The number of methoxy groups -OCH3 is 2. The van der Waals surface area contributed by atoms with Gasteiger partial charge < -0.3 is 38.6 Å². The predicted molar refractivity (Wildman–Crippen MR) is 177 cm³/mol. The normalized spacial score (nSPS) is 18.7. The summed E-state index contributed by atoms with van der Waals surface area (Å²) in [6.07, 6.45) is 1.77. The Hall–Kier alpha value is -4.48. The molecule has 11 nitrogen and oxygen atoms in total. The summed E-state index contributed by atoms with van der Waals surface area (Å²) in [5.74, 6) is 0.0773. The first kappa shape index (κ1) is 33.9. The van der Waals surface area contributed by atoms with Crippen molar-refractivity contribution >= 4 is 17.6 Å². The van der Waals surface area contributed by atoms with Crippen molar-refractivity contribution in [1.82, 2.24) is 4.90 Å². The van der Waals surface area contributed by atoms with Gasteiger partial charge in [0.15, 0.2) is 23.0 Å². The number of hydrogen-bond donors (Lipinski definition) is 2. The summed E-state index contributed by atoms with van der Waals surface area (Å²) in [5, 5.41) is 10.7. The lowest BCUT2D eigenvalue weighted by Crippen LogP contribution is -3.04. The van der Waals surface area contributed by atoms with Crippen molar-refractivity contribution < 1.29 is 43.3 Å². The van der Waals surface area contributed by atoms with E-state index >= 15 is 0 Å². The highest BCUT2D eigenvalue weighted by atomic mass is 16.7. The molecule has 252 valence electrons. The highest BCUT2D eigenvalue weighted by Gasteiger charge is 2.48. The maximum absolute atomic E-state index is 14.2. The number of amides is 1. The van der Waals surface area contributed by atoms with E-state index < -0.39 is 23.8 Å². The molecule has 3 aromatic carbocycles. The van der Waals surface area contributed by atoms with Crippen LogP contribution in [0.1, 0.15) is 36.8 Å². The van der Waals surface area contributed by atoms with Crippen LogP contribution in [0.3, 0.4) is 0 Å². The Labute approximate surface area is 276 Å². The number of carboxylic acid groups (broad SMARTS) is 1. The molecule has 0 spiro atoms. The number of quaternary nitrogens is 1. The second kappa shape index (κ2) is 15.4. The largest absolute Gasteiger partial charge is 0.493 e. The van der Waals surface area contributed by atoms with Gasteiger partial charge in [0, 0.05) is 30.3 Å². The molecule has 0 aliphatic carbocycles. The molecule has 2 N–H and O–H groups in total. The number of anilines is 1. The lowest BCUT2D eigenvalue weighted by molar-refractivity contribution is -0.872. The third-order valence-corrected chi connectivity index (χ3v) is 8.78. The summed E-state index contributed by atoms with van der Waals surface area (Å²) in [5.41, 5.74) is 2.72. The molecule has 0 aromatic heterocycles. The van der Waals surface area contributed by atoms with Gasteiger partial charge >= 0.3 is 5.97 Å². The van der Waals surface area contributed by atoms with Crippen LogP contribution in [0.2, 0.25) is 0 Å². The summed E-state index contributed by atoms with van der Waals surface area (Å²) < 4.78 is 28.6. The van der Waals surface area contributed by atoms with E-state index in [9.17, 15) is 14.7 Å². The van der Waals surface area contributed by atoms with Crippen molar-refractivity contribution in [2.75, 3.05) is 66.2 Å². The molecule has 2 aliphatic heterocycles. The SMILES string of the molecule is CCCCN(C(=O)CN1C[C@H](c2cc(OC)c3c(c2)OCO3)[C@@H](C(=O)O)[C@@H]1COc1ccccc1OC)c1cccc(C[NH+](C)C)c1. The number of unbranched alkanes of at least 4 members (excludes halogenated alkanes) is 1. The van der Waals surface area contributed by atoms with E-state index in [0.717, 1.165) is 36.2 Å². The molecule has 2 heterocycles. The van der Waals surface area contributed by atoms with Crippen LogP contribution in [-0.4, -0.2) is 89.3 Å². The third kappa shape index (κ3) is 7.74. The van der Waals surface area contributed by atoms with Crippen LogP contribution in [-0.2, 0) is 16.1 Å². The zero-order valence-electron chi connectivity index (χ0n) is 27.9.